The van der Waals surface area contributed by atoms with Crippen molar-refractivity contribution in [3.05, 3.63) is 0 Å². The second kappa shape index (κ2) is 5.60. The highest BCUT2D eigenvalue weighted by atomic mass is 16.4. The number of imide groups is 1. The first-order valence-corrected chi connectivity index (χ1v) is 6.25. The molecule has 0 saturated carbocycles. The quantitative estimate of drug-likeness (QED) is 0.524. The molecule has 0 spiro atoms. The fraction of sp³-hybridized carbons (Fsp3) is 0.833. The fourth-order valence-electron chi connectivity index (χ4n) is 2.17. The van der Waals surface area contributed by atoms with Crippen molar-refractivity contribution < 1.29 is 19.8 Å². The Morgan fingerprint density at radius 1 is 1.24 bits per heavy atom. The van der Waals surface area contributed by atoms with Crippen LogP contribution in [0, 0.1) is 0 Å². The summed E-state index contributed by atoms with van der Waals surface area (Å²) >= 11 is 0. The van der Waals surface area contributed by atoms with Crippen molar-refractivity contribution in [2.45, 2.75) is 57.7 Å². The number of hydrogen-bond donors (Lipinski definition) is 2. The lowest BCUT2D eigenvalue weighted by atomic mass is 9.92. The second-order valence-electron chi connectivity index (χ2n) is 4.53. The van der Waals surface area contributed by atoms with Crippen molar-refractivity contribution in [1.29, 1.82) is 0 Å². The van der Waals surface area contributed by atoms with E-state index >= 15 is 0 Å². The van der Waals surface area contributed by atoms with Gasteiger partial charge < -0.3 is 10.2 Å². The number of nitrogens with zero attached hydrogens (tertiary/aromatic N) is 1. The molecule has 1 aliphatic rings. The first kappa shape index (κ1) is 14.1. The van der Waals surface area contributed by atoms with Crippen LogP contribution in [0.1, 0.15) is 46.0 Å². The molecule has 5 nitrogen and oxygen atoms in total. The van der Waals surface area contributed by atoms with Crippen molar-refractivity contribution in [3.8, 4) is 0 Å². The largest absolute Gasteiger partial charge is 0.380 e. The van der Waals surface area contributed by atoms with E-state index in [0.717, 1.165) is 24.2 Å². The van der Waals surface area contributed by atoms with Crippen LogP contribution in [0.25, 0.3) is 0 Å². The lowest BCUT2D eigenvalue weighted by Crippen LogP contribution is -2.46. The van der Waals surface area contributed by atoms with Gasteiger partial charge in [-0.3, -0.25) is 14.5 Å². The van der Waals surface area contributed by atoms with Gasteiger partial charge >= 0.3 is 0 Å². The summed E-state index contributed by atoms with van der Waals surface area (Å²) in [6, 6.07) is 0. The van der Waals surface area contributed by atoms with Gasteiger partial charge in [0.15, 0.2) is 11.7 Å². The molecule has 5 heteroatoms. The summed E-state index contributed by atoms with van der Waals surface area (Å²) in [6.45, 7) is 3.89. The predicted molar refractivity (Wildman–Crippen MR) is 62.1 cm³/mol. The van der Waals surface area contributed by atoms with Gasteiger partial charge in [0.1, 0.15) is 0 Å². The highest BCUT2D eigenvalue weighted by molar-refractivity contribution is 6.10. The van der Waals surface area contributed by atoms with E-state index in [1.165, 1.54) is 0 Å². The summed E-state index contributed by atoms with van der Waals surface area (Å²) in [4.78, 5) is 24.3. The van der Waals surface area contributed by atoms with E-state index in [1.807, 2.05) is 0 Å². The summed E-state index contributed by atoms with van der Waals surface area (Å²) in [5.74, 6) is -1.34. The van der Waals surface area contributed by atoms with Crippen LogP contribution in [-0.2, 0) is 9.59 Å². The third-order valence-electron chi connectivity index (χ3n) is 3.30. The molecular weight excluding hydrogens is 222 g/mol. The molecule has 98 valence electrons. The van der Waals surface area contributed by atoms with E-state index < -0.39 is 23.5 Å². The molecule has 1 saturated heterocycles. The Morgan fingerprint density at radius 3 is 2.35 bits per heavy atom. The summed E-state index contributed by atoms with van der Waals surface area (Å²) in [6.07, 6.45) is 2.14. The maximum Gasteiger partial charge on any atom is 0.264 e. The number of amides is 2. The summed E-state index contributed by atoms with van der Waals surface area (Å²) < 4.78 is 0. The standard InChI is InChI=1S/C12H21NO4/c1-3-5-6-7-8-12(17)9(14)10(15)13(4-2)11(12)16/h9,14,17H,3-8H2,1-2H3. The minimum absolute atomic E-state index is 0.148. The first-order chi connectivity index (χ1) is 7.99. The van der Waals surface area contributed by atoms with Crippen LogP contribution in [0.15, 0.2) is 0 Å². The second-order valence-corrected chi connectivity index (χ2v) is 4.53. The Morgan fingerprint density at radius 2 is 1.88 bits per heavy atom. The zero-order valence-corrected chi connectivity index (χ0v) is 10.5. The summed E-state index contributed by atoms with van der Waals surface area (Å²) in [5, 5.41) is 19.8. The van der Waals surface area contributed by atoms with Crippen LogP contribution in [0.3, 0.4) is 0 Å². The third-order valence-corrected chi connectivity index (χ3v) is 3.30. The molecule has 1 heterocycles. The van der Waals surface area contributed by atoms with E-state index in [4.69, 9.17) is 0 Å². The van der Waals surface area contributed by atoms with Crippen molar-refractivity contribution in [3.63, 3.8) is 0 Å². The number of carbonyl (C=O) groups is 2. The highest BCUT2D eigenvalue weighted by Crippen LogP contribution is 2.29. The molecule has 0 aromatic carbocycles. The van der Waals surface area contributed by atoms with Gasteiger partial charge in [0.05, 0.1) is 0 Å². The monoisotopic (exact) mass is 243 g/mol. The third kappa shape index (κ3) is 2.50. The van der Waals surface area contributed by atoms with Gasteiger partial charge in [-0.15, -0.1) is 0 Å². The lowest BCUT2D eigenvalue weighted by Gasteiger charge is -2.22. The van der Waals surface area contributed by atoms with Crippen LogP contribution in [0.2, 0.25) is 0 Å². The molecule has 0 bridgehead atoms. The Hall–Kier alpha value is -0.940. The zero-order valence-electron chi connectivity index (χ0n) is 10.5. The Bertz CT molecular complexity index is 305. The predicted octanol–water partition coefficient (Wildman–Crippen LogP) is 0.437. The Balaban J connectivity index is 2.67. The van der Waals surface area contributed by atoms with Gasteiger partial charge in [-0.2, -0.15) is 0 Å². The number of likely N-dealkylation sites (N-methyl/N-ethyl adjacent to an activating group) is 1. The molecule has 0 aliphatic carbocycles. The zero-order chi connectivity index (χ0) is 13.1. The number of rotatable bonds is 6. The van der Waals surface area contributed by atoms with Crippen molar-refractivity contribution in [2.24, 2.45) is 0 Å². The normalized spacial score (nSPS) is 29.2. The molecule has 1 fully saturated rings. The Labute approximate surface area is 101 Å². The van der Waals surface area contributed by atoms with Gasteiger partial charge in [0.25, 0.3) is 11.8 Å². The minimum atomic E-state index is -1.90. The molecule has 2 atom stereocenters. The van der Waals surface area contributed by atoms with E-state index in [9.17, 15) is 19.8 Å². The van der Waals surface area contributed by atoms with Gasteiger partial charge in [-0.05, 0) is 19.8 Å². The number of hydrogen-bond acceptors (Lipinski definition) is 4. The van der Waals surface area contributed by atoms with Gasteiger partial charge in [0, 0.05) is 6.54 Å². The number of carbonyl (C=O) groups excluding carboxylic acids is 2. The smallest absolute Gasteiger partial charge is 0.264 e. The Kier molecular flexibility index (Phi) is 4.65. The molecule has 0 aromatic heterocycles. The van der Waals surface area contributed by atoms with Crippen LogP contribution < -0.4 is 0 Å². The van der Waals surface area contributed by atoms with Crippen LogP contribution >= 0.6 is 0 Å². The topological polar surface area (TPSA) is 77.8 Å². The van der Waals surface area contributed by atoms with E-state index in [-0.39, 0.29) is 13.0 Å². The van der Waals surface area contributed by atoms with Crippen molar-refractivity contribution in [1.82, 2.24) is 4.90 Å². The van der Waals surface area contributed by atoms with Crippen LogP contribution in [0.5, 0.6) is 0 Å². The number of unbranched alkanes of at least 4 members (excludes halogenated alkanes) is 3. The van der Waals surface area contributed by atoms with E-state index in [0.29, 0.717) is 6.42 Å². The number of likely N-dealkylation sites (tertiary alicyclic amines) is 1. The van der Waals surface area contributed by atoms with Gasteiger partial charge in [-0.1, -0.05) is 26.2 Å². The SMILES string of the molecule is CCCCCCC1(O)C(=O)N(CC)C(=O)C1O. The maximum absolute atomic E-state index is 11.8. The maximum atomic E-state index is 11.8. The molecule has 1 rings (SSSR count). The molecule has 0 aromatic rings. The van der Waals surface area contributed by atoms with Gasteiger partial charge in [0.2, 0.25) is 0 Å². The molecule has 17 heavy (non-hydrogen) atoms. The number of aliphatic hydroxyl groups is 2. The van der Waals surface area contributed by atoms with E-state index in [1.54, 1.807) is 6.92 Å². The van der Waals surface area contributed by atoms with Crippen LogP contribution in [-0.4, -0.2) is 45.2 Å². The molecule has 1 aliphatic heterocycles. The fourth-order valence-corrected chi connectivity index (χ4v) is 2.17. The average Bonchev–Trinajstić information content (AvgIpc) is 2.48. The summed E-state index contributed by atoms with van der Waals surface area (Å²) in [7, 11) is 0. The highest BCUT2D eigenvalue weighted by Gasteiger charge is 2.57. The molecule has 0 radical (unpaired) electrons. The average molecular weight is 243 g/mol. The number of aliphatic hydroxyl groups excluding tert-OH is 1. The molecule has 2 unspecified atom stereocenters. The molecule has 2 N–H and O–H groups in total. The minimum Gasteiger partial charge on any atom is -0.380 e. The first-order valence-electron chi connectivity index (χ1n) is 6.25. The summed E-state index contributed by atoms with van der Waals surface area (Å²) in [5.41, 5.74) is -1.90. The molecule has 2 amide bonds. The van der Waals surface area contributed by atoms with Gasteiger partial charge in [-0.25, -0.2) is 0 Å². The van der Waals surface area contributed by atoms with E-state index in [2.05, 4.69) is 6.92 Å². The van der Waals surface area contributed by atoms with Crippen molar-refractivity contribution in [2.75, 3.05) is 6.54 Å². The van der Waals surface area contributed by atoms with Crippen molar-refractivity contribution >= 4 is 11.8 Å². The van der Waals surface area contributed by atoms with Crippen LogP contribution in [0.4, 0.5) is 0 Å². The lowest BCUT2D eigenvalue weighted by molar-refractivity contribution is -0.149. The molecular formula is C12H21NO4.